The molecule has 1 aromatic rings. The molecule has 0 fully saturated rings. The van der Waals surface area contributed by atoms with Crippen molar-refractivity contribution in [2.24, 2.45) is 5.10 Å². The van der Waals surface area contributed by atoms with Gasteiger partial charge < -0.3 is 4.74 Å². The lowest BCUT2D eigenvalue weighted by Crippen LogP contribution is -2.18. The first-order valence-corrected chi connectivity index (χ1v) is 4.82. The van der Waals surface area contributed by atoms with Crippen LogP contribution in [0.3, 0.4) is 0 Å². The van der Waals surface area contributed by atoms with E-state index in [-0.39, 0.29) is 0 Å². The molecule has 0 saturated heterocycles. The third-order valence-corrected chi connectivity index (χ3v) is 1.88. The molecule has 0 aromatic heterocycles. The van der Waals surface area contributed by atoms with Crippen molar-refractivity contribution in [3.63, 3.8) is 0 Å². The summed E-state index contributed by atoms with van der Waals surface area (Å²) in [5, 5.41) is 4.26. The fraction of sp³-hybridized carbons (Fsp3) is 0.200. The van der Waals surface area contributed by atoms with Gasteiger partial charge in [-0.3, -0.25) is 0 Å². The minimum Gasteiger partial charge on any atom is -0.449 e. The molecule has 0 saturated carbocycles. The third-order valence-electron chi connectivity index (χ3n) is 1.54. The number of ether oxygens (including phenoxy) is 1. The molecular formula is C10H11ClN2O2. The van der Waals surface area contributed by atoms with Gasteiger partial charge in [0.05, 0.1) is 12.8 Å². The van der Waals surface area contributed by atoms with Crippen LogP contribution in [0.15, 0.2) is 29.4 Å². The van der Waals surface area contributed by atoms with Crippen molar-refractivity contribution in [1.82, 2.24) is 5.43 Å². The van der Waals surface area contributed by atoms with Gasteiger partial charge in [-0.2, -0.15) is 5.10 Å². The number of carbonyl (C=O) groups excluding carboxylic acids is 1. The van der Waals surface area contributed by atoms with Gasteiger partial charge >= 0.3 is 6.09 Å². The third kappa shape index (κ3) is 3.99. The lowest BCUT2D eigenvalue weighted by Gasteiger charge is -1.99. The zero-order valence-corrected chi connectivity index (χ0v) is 8.99. The van der Waals surface area contributed by atoms with Crippen molar-refractivity contribution >= 4 is 23.9 Å². The maximum atomic E-state index is 10.8. The van der Waals surface area contributed by atoms with E-state index in [4.69, 9.17) is 11.6 Å². The second kappa shape index (κ2) is 6.03. The Balaban J connectivity index is 2.52. The normalized spacial score (nSPS) is 10.3. The Morgan fingerprint density at radius 2 is 2.33 bits per heavy atom. The molecule has 15 heavy (non-hydrogen) atoms. The van der Waals surface area contributed by atoms with Crippen LogP contribution in [-0.2, 0) is 4.74 Å². The zero-order valence-electron chi connectivity index (χ0n) is 8.24. The molecule has 0 atom stereocenters. The highest BCUT2D eigenvalue weighted by molar-refractivity contribution is 6.33. The van der Waals surface area contributed by atoms with Gasteiger partial charge in [0.2, 0.25) is 0 Å². The first-order valence-electron chi connectivity index (χ1n) is 4.44. The van der Waals surface area contributed by atoms with Crippen LogP contribution < -0.4 is 5.43 Å². The highest BCUT2D eigenvalue weighted by Crippen LogP contribution is 2.11. The maximum absolute atomic E-state index is 10.8. The standard InChI is InChI=1S/C10H11ClN2O2/c1-2-15-10(14)13-12-7-8-5-3-4-6-9(8)11/h3-7H,2H2,1H3,(H,13,14)/b12-7-. The van der Waals surface area contributed by atoms with Crippen molar-refractivity contribution < 1.29 is 9.53 Å². The molecule has 0 aliphatic heterocycles. The fourth-order valence-electron chi connectivity index (χ4n) is 0.898. The quantitative estimate of drug-likeness (QED) is 0.636. The summed E-state index contributed by atoms with van der Waals surface area (Å²) in [7, 11) is 0. The van der Waals surface area contributed by atoms with Gasteiger partial charge in [-0.1, -0.05) is 29.8 Å². The van der Waals surface area contributed by atoms with Crippen molar-refractivity contribution in [3.05, 3.63) is 34.9 Å². The average Bonchev–Trinajstić information content (AvgIpc) is 2.21. The summed E-state index contributed by atoms with van der Waals surface area (Å²) in [4.78, 5) is 10.8. The molecule has 0 bridgehead atoms. The summed E-state index contributed by atoms with van der Waals surface area (Å²) in [5.74, 6) is 0. The maximum Gasteiger partial charge on any atom is 0.427 e. The molecule has 80 valence electrons. The average molecular weight is 227 g/mol. The van der Waals surface area contributed by atoms with Crippen molar-refractivity contribution in [2.75, 3.05) is 6.61 Å². The largest absolute Gasteiger partial charge is 0.449 e. The van der Waals surface area contributed by atoms with Crippen molar-refractivity contribution in [3.8, 4) is 0 Å². The Morgan fingerprint density at radius 3 is 3.00 bits per heavy atom. The number of benzene rings is 1. The number of amides is 1. The van der Waals surface area contributed by atoms with E-state index in [1.54, 1.807) is 19.1 Å². The van der Waals surface area contributed by atoms with Gasteiger partial charge in [0.15, 0.2) is 0 Å². The smallest absolute Gasteiger partial charge is 0.427 e. The van der Waals surface area contributed by atoms with E-state index in [9.17, 15) is 4.79 Å². The molecule has 0 aliphatic carbocycles. The predicted molar refractivity (Wildman–Crippen MR) is 59.2 cm³/mol. The topological polar surface area (TPSA) is 50.7 Å². The molecule has 1 amide bonds. The minimum atomic E-state index is -0.583. The Hall–Kier alpha value is -1.55. The molecule has 0 aliphatic rings. The summed E-state index contributed by atoms with van der Waals surface area (Å²) in [6, 6.07) is 7.18. The van der Waals surface area contributed by atoms with Crippen LogP contribution in [-0.4, -0.2) is 18.9 Å². The number of hydrazone groups is 1. The van der Waals surface area contributed by atoms with E-state index in [0.29, 0.717) is 11.6 Å². The summed E-state index contributed by atoms with van der Waals surface area (Å²) < 4.78 is 4.61. The van der Waals surface area contributed by atoms with Gasteiger partial charge in [0.1, 0.15) is 0 Å². The highest BCUT2D eigenvalue weighted by atomic mass is 35.5. The molecular weight excluding hydrogens is 216 g/mol. The van der Waals surface area contributed by atoms with Crippen LogP contribution in [0.5, 0.6) is 0 Å². The second-order valence-electron chi connectivity index (χ2n) is 2.61. The van der Waals surface area contributed by atoms with Gasteiger partial charge in [0.25, 0.3) is 0 Å². The van der Waals surface area contributed by atoms with Gasteiger partial charge in [0, 0.05) is 10.6 Å². The van der Waals surface area contributed by atoms with E-state index in [1.807, 2.05) is 12.1 Å². The van der Waals surface area contributed by atoms with E-state index in [1.165, 1.54) is 6.21 Å². The lowest BCUT2D eigenvalue weighted by molar-refractivity contribution is 0.152. The molecule has 1 rings (SSSR count). The van der Waals surface area contributed by atoms with Crippen LogP contribution in [0.2, 0.25) is 5.02 Å². The van der Waals surface area contributed by atoms with E-state index in [0.717, 1.165) is 5.56 Å². The van der Waals surface area contributed by atoms with Crippen LogP contribution >= 0.6 is 11.6 Å². The number of nitrogens with zero attached hydrogens (tertiary/aromatic N) is 1. The monoisotopic (exact) mass is 226 g/mol. The summed E-state index contributed by atoms with van der Waals surface area (Å²) >= 11 is 5.87. The van der Waals surface area contributed by atoms with Crippen molar-refractivity contribution in [1.29, 1.82) is 0 Å². The van der Waals surface area contributed by atoms with Gasteiger partial charge in [-0.15, -0.1) is 0 Å². The summed E-state index contributed by atoms with van der Waals surface area (Å²) in [6.45, 7) is 2.03. The number of carbonyl (C=O) groups is 1. The summed E-state index contributed by atoms with van der Waals surface area (Å²) in [5.41, 5.74) is 2.94. The van der Waals surface area contributed by atoms with E-state index in [2.05, 4.69) is 15.3 Å². The fourth-order valence-corrected chi connectivity index (χ4v) is 1.08. The number of halogens is 1. The first kappa shape index (κ1) is 11.5. The van der Waals surface area contributed by atoms with Crippen LogP contribution in [0.1, 0.15) is 12.5 Å². The van der Waals surface area contributed by atoms with E-state index >= 15 is 0 Å². The Labute approximate surface area is 92.9 Å². The number of nitrogens with one attached hydrogen (secondary N) is 1. The minimum absolute atomic E-state index is 0.313. The first-order chi connectivity index (χ1) is 7.24. The van der Waals surface area contributed by atoms with Gasteiger partial charge in [-0.25, -0.2) is 10.2 Å². The van der Waals surface area contributed by atoms with Crippen LogP contribution in [0.25, 0.3) is 0 Å². The Bertz CT molecular complexity index is 366. The van der Waals surface area contributed by atoms with Crippen LogP contribution in [0, 0.1) is 0 Å². The molecule has 0 radical (unpaired) electrons. The zero-order chi connectivity index (χ0) is 11.1. The molecule has 0 spiro atoms. The molecule has 5 heteroatoms. The van der Waals surface area contributed by atoms with Gasteiger partial charge in [-0.05, 0) is 13.0 Å². The number of hydrogen-bond donors (Lipinski definition) is 1. The van der Waals surface area contributed by atoms with E-state index < -0.39 is 6.09 Å². The number of rotatable bonds is 3. The molecule has 0 unspecified atom stereocenters. The summed E-state index contributed by atoms with van der Waals surface area (Å²) in [6.07, 6.45) is 0.875. The molecule has 1 aromatic carbocycles. The highest BCUT2D eigenvalue weighted by Gasteiger charge is 1.97. The number of hydrogen-bond acceptors (Lipinski definition) is 3. The van der Waals surface area contributed by atoms with Crippen molar-refractivity contribution in [2.45, 2.75) is 6.92 Å². The Kier molecular flexibility index (Phi) is 4.63. The van der Waals surface area contributed by atoms with Crippen LogP contribution in [0.4, 0.5) is 4.79 Å². The lowest BCUT2D eigenvalue weighted by atomic mass is 10.2. The SMILES string of the molecule is CCOC(=O)N/N=C\c1ccccc1Cl. The molecule has 0 heterocycles. The molecule has 1 N–H and O–H groups in total. The molecule has 4 nitrogen and oxygen atoms in total. The predicted octanol–water partition coefficient (Wildman–Crippen LogP) is 2.42. The Morgan fingerprint density at radius 1 is 1.60 bits per heavy atom. The second-order valence-corrected chi connectivity index (χ2v) is 3.02.